The van der Waals surface area contributed by atoms with Crippen molar-refractivity contribution in [1.29, 1.82) is 0 Å². The maximum atomic E-state index is 11.8. The average molecular weight is 271 g/mol. The number of hydrogen-bond donors (Lipinski definition) is 2. The Balaban J connectivity index is 2.32. The molecule has 1 amide bonds. The molecule has 0 aliphatic carbocycles. The Labute approximate surface area is 112 Å². The summed E-state index contributed by atoms with van der Waals surface area (Å²) < 4.78 is 4.95. The number of amides is 1. The van der Waals surface area contributed by atoms with Gasteiger partial charge in [-0.1, -0.05) is 11.6 Å². The number of anilines is 1. The first-order chi connectivity index (χ1) is 8.63. The van der Waals surface area contributed by atoms with Crippen LogP contribution in [0.4, 0.5) is 5.69 Å². The lowest BCUT2D eigenvalue weighted by Crippen LogP contribution is -2.24. The number of nitrogens with one attached hydrogen (secondary N) is 1. The lowest BCUT2D eigenvalue weighted by Gasteiger charge is -2.06. The third-order valence-electron chi connectivity index (χ3n) is 2.49. The zero-order valence-electron chi connectivity index (χ0n) is 10.5. The zero-order chi connectivity index (χ0) is 13.4. The van der Waals surface area contributed by atoms with Gasteiger partial charge in [0.15, 0.2) is 0 Å². The predicted octanol–water partition coefficient (Wildman–Crippen LogP) is 2.47. The van der Waals surface area contributed by atoms with Crippen molar-refractivity contribution in [1.82, 2.24) is 5.32 Å². The van der Waals surface area contributed by atoms with Crippen molar-refractivity contribution < 1.29 is 9.53 Å². The van der Waals surface area contributed by atoms with E-state index in [0.29, 0.717) is 22.8 Å². The quantitative estimate of drug-likeness (QED) is 0.591. The monoisotopic (exact) mass is 270 g/mol. The van der Waals surface area contributed by atoms with Crippen molar-refractivity contribution in [3.63, 3.8) is 0 Å². The van der Waals surface area contributed by atoms with E-state index < -0.39 is 0 Å². The van der Waals surface area contributed by atoms with Crippen LogP contribution in [0.1, 0.15) is 29.6 Å². The number of halogens is 1. The summed E-state index contributed by atoms with van der Waals surface area (Å²) in [6, 6.07) is 4.84. The summed E-state index contributed by atoms with van der Waals surface area (Å²) in [5.41, 5.74) is 6.62. The lowest BCUT2D eigenvalue weighted by atomic mass is 10.2. The van der Waals surface area contributed by atoms with Crippen LogP contribution in [0.25, 0.3) is 0 Å². The molecule has 0 bridgehead atoms. The van der Waals surface area contributed by atoms with Gasteiger partial charge in [-0.15, -0.1) is 0 Å². The Morgan fingerprint density at radius 1 is 1.33 bits per heavy atom. The first kappa shape index (κ1) is 14.8. The van der Waals surface area contributed by atoms with Gasteiger partial charge in [0.25, 0.3) is 5.91 Å². The molecule has 0 aliphatic rings. The molecule has 0 aromatic heterocycles. The van der Waals surface area contributed by atoms with Crippen LogP contribution in [0.2, 0.25) is 5.02 Å². The van der Waals surface area contributed by atoms with E-state index in [0.717, 1.165) is 25.9 Å². The van der Waals surface area contributed by atoms with Gasteiger partial charge >= 0.3 is 0 Å². The molecule has 0 spiro atoms. The molecule has 0 fully saturated rings. The molecule has 1 aromatic rings. The van der Waals surface area contributed by atoms with E-state index in [1.54, 1.807) is 25.3 Å². The number of ether oxygens (including phenoxy) is 1. The number of nitrogen functional groups attached to an aromatic ring is 1. The normalized spacial score (nSPS) is 10.3. The molecule has 18 heavy (non-hydrogen) atoms. The van der Waals surface area contributed by atoms with Gasteiger partial charge in [0, 0.05) is 36.5 Å². The second-order valence-electron chi connectivity index (χ2n) is 4.08. The van der Waals surface area contributed by atoms with Crippen LogP contribution < -0.4 is 11.1 Å². The van der Waals surface area contributed by atoms with E-state index in [1.165, 1.54) is 0 Å². The van der Waals surface area contributed by atoms with E-state index in [2.05, 4.69) is 5.32 Å². The summed E-state index contributed by atoms with van der Waals surface area (Å²) in [7, 11) is 1.69. The number of nitrogens with two attached hydrogens (primary N) is 1. The molecule has 1 rings (SSSR count). The fraction of sp³-hybridized carbons (Fsp3) is 0.462. The molecule has 1 aromatic carbocycles. The van der Waals surface area contributed by atoms with Gasteiger partial charge in [-0.05, 0) is 37.5 Å². The number of hydrogen-bond acceptors (Lipinski definition) is 3. The number of rotatable bonds is 7. The van der Waals surface area contributed by atoms with Crippen molar-refractivity contribution in [2.45, 2.75) is 19.3 Å². The van der Waals surface area contributed by atoms with Crippen molar-refractivity contribution in [2.75, 3.05) is 26.0 Å². The highest BCUT2D eigenvalue weighted by atomic mass is 35.5. The van der Waals surface area contributed by atoms with Crippen molar-refractivity contribution in [3.8, 4) is 0 Å². The van der Waals surface area contributed by atoms with Gasteiger partial charge in [0.05, 0.1) is 0 Å². The third kappa shape index (κ3) is 5.38. The van der Waals surface area contributed by atoms with Crippen molar-refractivity contribution in [2.24, 2.45) is 0 Å². The first-order valence-electron chi connectivity index (χ1n) is 5.96. The van der Waals surface area contributed by atoms with E-state index >= 15 is 0 Å². The molecule has 0 atom stereocenters. The summed E-state index contributed by atoms with van der Waals surface area (Å²) in [5, 5.41) is 3.31. The molecule has 100 valence electrons. The zero-order valence-corrected chi connectivity index (χ0v) is 11.3. The van der Waals surface area contributed by atoms with Crippen LogP contribution in [0.3, 0.4) is 0 Å². The minimum atomic E-state index is -0.143. The van der Waals surface area contributed by atoms with E-state index in [4.69, 9.17) is 22.1 Å². The Hall–Kier alpha value is -1.26. The molecule has 3 N–H and O–H groups in total. The highest BCUT2D eigenvalue weighted by Gasteiger charge is 2.06. The van der Waals surface area contributed by atoms with Crippen LogP contribution in [0.5, 0.6) is 0 Å². The van der Waals surface area contributed by atoms with E-state index in [1.807, 2.05) is 0 Å². The highest BCUT2D eigenvalue weighted by Crippen LogP contribution is 2.16. The van der Waals surface area contributed by atoms with E-state index in [-0.39, 0.29) is 5.91 Å². The Kier molecular flexibility index (Phi) is 6.54. The maximum Gasteiger partial charge on any atom is 0.251 e. The van der Waals surface area contributed by atoms with Crippen LogP contribution in [-0.4, -0.2) is 26.2 Å². The summed E-state index contributed by atoms with van der Waals surface area (Å²) in [6.07, 6.45) is 2.98. The second-order valence-corrected chi connectivity index (χ2v) is 4.52. The van der Waals surface area contributed by atoms with Gasteiger partial charge in [0.1, 0.15) is 0 Å². The minimum Gasteiger partial charge on any atom is -0.399 e. The Morgan fingerprint density at radius 3 is 2.78 bits per heavy atom. The Morgan fingerprint density at radius 2 is 2.11 bits per heavy atom. The molecular formula is C13H19ClN2O2. The standard InChI is InChI=1S/C13H19ClN2O2/c1-18-6-4-2-3-5-16-13(17)10-7-11(14)9-12(15)8-10/h7-9H,2-6,15H2,1H3,(H,16,17). The van der Waals surface area contributed by atoms with Gasteiger partial charge in [-0.3, -0.25) is 4.79 Å². The molecule has 0 heterocycles. The predicted molar refractivity (Wildman–Crippen MR) is 73.9 cm³/mol. The minimum absolute atomic E-state index is 0.143. The average Bonchev–Trinajstić information content (AvgIpc) is 2.32. The number of carbonyl (C=O) groups is 1. The molecule has 0 saturated heterocycles. The van der Waals surface area contributed by atoms with Gasteiger partial charge in [-0.25, -0.2) is 0 Å². The molecule has 0 radical (unpaired) electrons. The summed E-state index contributed by atoms with van der Waals surface area (Å²) in [4.78, 5) is 11.8. The maximum absolute atomic E-state index is 11.8. The lowest BCUT2D eigenvalue weighted by molar-refractivity contribution is 0.0952. The Bertz CT molecular complexity index is 376. The van der Waals surface area contributed by atoms with Crippen LogP contribution in [0, 0.1) is 0 Å². The second kappa shape index (κ2) is 7.95. The smallest absolute Gasteiger partial charge is 0.251 e. The number of carbonyl (C=O) groups excluding carboxylic acids is 1. The van der Waals surface area contributed by atoms with Gasteiger partial charge in [0.2, 0.25) is 0 Å². The topological polar surface area (TPSA) is 64.3 Å². The molecule has 0 unspecified atom stereocenters. The molecule has 0 saturated carbocycles. The molecule has 4 nitrogen and oxygen atoms in total. The fourth-order valence-electron chi connectivity index (χ4n) is 1.60. The summed E-state index contributed by atoms with van der Waals surface area (Å²) in [5.74, 6) is -0.143. The van der Waals surface area contributed by atoms with Crippen LogP contribution >= 0.6 is 11.6 Å². The summed E-state index contributed by atoms with van der Waals surface area (Å²) >= 11 is 5.84. The van der Waals surface area contributed by atoms with Gasteiger partial charge < -0.3 is 15.8 Å². The number of methoxy groups -OCH3 is 1. The van der Waals surface area contributed by atoms with Crippen LogP contribution in [0.15, 0.2) is 18.2 Å². The summed E-state index contributed by atoms with van der Waals surface area (Å²) in [6.45, 7) is 1.41. The number of unbranched alkanes of at least 4 members (excludes halogenated alkanes) is 2. The largest absolute Gasteiger partial charge is 0.399 e. The van der Waals surface area contributed by atoms with Crippen molar-refractivity contribution >= 4 is 23.2 Å². The first-order valence-corrected chi connectivity index (χ1v) is 6.34. The third-order valence-corrected chi connectivity index (χ3v) is 2.71. The van der Waals surface area contributed by atoms with E-state index in [9.17, 15) is 4.79 Å². The highest BCUT2D eigenvalue weighted by molar-refractivity contribution is 6.31. The fourth-order valence-corrected chi connectivity index (χ4v) is 1.84. The van der Waals surface area contributed by atoms with Crippen LogP contribution in [-0.2, 0) is 4.74 Å². The van der Waals surface area contributed by atoms with Crippen molar-refractivity contribution in [3.05, 3.63) is 28.8 Å². The molecular weight excluding hydrogens is 252 g/mol. The van der Waals surface area contributed by atoms with Gasteiger partial charge in [-0.2, -0.15) is 0 Å². The SMILES string of the molecule is COCCCCCNC(=O)c1cc(N)cc(Cl)c1. The number of benzene rings is 1. The molecule has 0 aliphatic heterocycles. The molecule has 5 heteroatoms.